The molecule has 0 atom stereocenters. The number of hydrogen-bond acceptors (Lipinski definition) is 5. The van der Waals surface area contributed by atoms with Gasteiger partial charge in [0.2, 0.25) is 6.79 Å². The van der Waals surface area contributed by atoms with Gasteiger partial charge in [0.05, 0.1) is 4.92 Å². The second-order valence-electron chi connectivity index (χ2n) is 6.20. The fraction of sp³-hybridized carbons (Fsp3) is 0.0455. The van der Waals surface area contributed by atoms with Crippen LogP contribution in [0, 0.1) is 10.1 Å². The highest BCUT2D eigenvalue weighted by Gasteiger charge is 2.12. The summed E-state index contributed by atoms with van der Waals surface area (Å²) in [4.78, 5) is 22.9. The lowest BCUT2D eigenvalue weighted by Gasteiger charge is -2.03. The minimum atomic E-state index is -0.428. The van der Waals surface area contributed by atoms with E-state index in [1.165, 1.54) is 18.2 Å². The SMILES string of the molecule is O=C(/C=C/c1ccc2c(c1)OCO2)c1ccc(-c2cccc([N+](=O)[O-])c2)cc1. The van der Waals surface area contributed by atoms with Gasteiger partial charge in [0.15, 0.2) is 17.3 Å². The molecule has 0 unspecified atom stereocenters. The highest BCUT2D eigenvalue weighted by molar-refractivity contribution is 6.07. The van der Waals surface area contributed by atoms with Crippen molar-refractivity contribution in [3.05, 3.63) is 94.0 Å². The molecule has 0 fully saturated rings. The fourth-order valence-electron chi connectivity index (χ4n) is 2.91. The third-order valence-electron chi connectivity index (χ3n) is 4.38. The Hall–Kier alpha value is -3.93. The second kappa shape index (κ2) is 7.36. The van der Waals surface area contributed by atoms with Gasteiger partial charge in [-0.1, -0.05) is 48.5 Å². The second-order valence-corrected chi connectivity index (χ2v) is 6.20. The van der Waals surface area contributed by atoms with Gasteiger partial charge in [-0.05, 0) is 34.9 Å². The van der Waals surface area contributed by atoms with Crippen molar-refractivity contribution in [2.45, 2.75) is 0 Å². The van der Waals surface area contributed by atoms with Crippen molar-refractivity contribution in [1.29, 1.82) is 0 Å². The molecule has 0 saturated carbocycles. The van der Waals surface area contributed by atoms with Crippen molar-refractivity contribution in [3.63, 3.8) is 0 Å². The lowest BCUT2D eigenvalue weighted by Crippen LogP contribution is -1.94. The molecule has 6 heteroatoms. The number of carbonyl (C=O) groups excluding carboxylic acids is 1. The maximum absolute atomic E-state index is 12.4. The number of rotatable bonds is 5. The first kappa shape index (κ1) is 17.5. The number of carbonyl (C=O) groups is 1. The molecule has 0 aliphatic carbocycles. The van der Waals surface area contributed by atoms with Crippen molar-refractivity contribution < 1.29 is 19.2 Å². The summed E-state index contributed by atoms with van der Waals surface area (Å²) < 4.78 is 10.6. The van der Waals surface area contributed by atoms with Gasteiger partial charge in [0.25, 0.3) is 5.69 Å². The van der Waals surface area contributed by atoms with Crippen LogP contribution in [-0.2, 0) is 0 Å². The number of fused-ring (bicyclic) bond motifs is 1. The predicted molar refractivity (Wildman–Crippen MR) is 104 cm³/mol. The van der Waals surface area contributed by atoms with E-state index in [1.807, 2.05) is 12.1 Å². The smallest absolute Gasteiger partial charge is 0.270 e. The van der Waals surface area contributed by atoms with Gasteiger partial charge in [-0.2, -0.15) is 0 Å². The first-order chi connectivity index (χ1) is 13.6. The van der Waals surface area contributed by atoms with E-state index < -0.39 is 4.92 Å². The molecular formula is C22H15NO5. The molecule has 3 aromatic carbocycles. The molecule has 0 spiro atoms. The summed E-state index contributed by atoms with van der Waals surface area (Å²) in [6, 6.07) is 18.8. The average molecular weight is 373 g/mol. The summed E-state index contributed by atoms with van der Waals surface area (Å²) in [5.41, 5.74) is 2.94. The monoisotopic (exact) mass is 373 g/mol. The van der Waals surface area contributed by atoms with Gasteiger partial charge in [-0.15, -0.1) is 0 Å². The van der Waals surface area contributed by atoms with Crippen LogP contribution in [0.1, 0.15) is 15.9 Å². The predicted octanol–water partition coefficient (Wildman–Crippen LogP) is 4.89. The Balaban J connectivity index is 1.50. The lowest BCUT2D eigenvalue weighted by molar-refractivity contribution is -0.384. The van der Waals surface area contributed by atoms with E-state index in [2.05, 4.69) is 0 Å². The summed E-state index contributed by atoms with van der Waals surface area (Å²) in [7, 11) is 0. The molecule has 1 aliphatic heterocycles. The maximum atomic E-state index is 12.4. The number of nitrogens with zero attached hydrogens (tertiary/aromatic N) is 1. The molecule has 4 rings (SSSR count). The van der Waals surface area contributed by atoms with Gasteiger partial charge in [-0.25, -0.2) is 0 Å². The van der Waals surface area contributed by atoms with Crippen molar-refractivity contribution in [3.8, 4) is 22.6 Å². The summed E-state index contributed by atoms with van der Waals surface area (Å²) in [6.07, 6.45) is 3.22. The Morgan fingerprint density at radius 3 is 2.50 bits per heavy atom. The van der Waals surface area contributed by atoms with E-state index in [0.29, 0.717) is 17.1 Å². The fourth-order valence-corrected chi connectivity index (χ4v) is 2.91. The number of allylic oxidation sites excluding steroid dienone is 1. The van der Waals surface area contributed by atoms with E-state index in [4.69, 9.17) is 9.47 Å². The van der Waals surface area contributed by atoms with Crippen LogP contribution in [0.4, 0.5) is 5.69 Å². The number of hydrogen-bond donors (Lipinski definition) is 0. The standard InChI is InChI=1S/C22H15NO5/c24-20(10-4-15-5-11-21-22(12-15)28-14-27-21)17-8-6-16(7-9-17)18-2-1-3-19(13-18)23(25)26/h1-13H,14H2/b10-4+. The first-order valence-corrected chi connectivity index (χ1v) is 8.57. The van der Waals surface area contributed by atoms with Gasteiger partial charge >= 0.3 is 0 Å². The highest BCUT2D eigenvalue weighted by atomic mass is 16.7. The van der Waals surface area contributed by atoms with Crippen LogP contribution < -0.4 is 9.47 Å². The molecule has 1 aliphatic rings. The average Bonchev–Trinajstić information content (AvgIpc) is 3.20. The van der Waals surface area contributed by atoms with Crippen LogP contribution in [0.2, 0.25) is 0 Å². The zero-order chi connectivity index (χ0) is 19.5. The third kappa shape index (κ3) is 3.61. The Kier molecular flexibility index (Phi) is 4.60. The molecule has 0 N–H and O–H groups in total. The summed E-state index contributed by atoms with van der Waals surface area (Å²) in [5.74, 6) is 1.22. The summed E-state index contributed by atoms with van der Waals surface area (Å²) >= 11 is 0. The Morgan fingerprint density at radius 2 is 1.71 bits per heavy atom. The molecule has 6 nitrogen and oxygen atoms in total. The molecule has 0 saturated heterocycles. The molecule has 28 heavy (non-hydrogen) atoms. The number of non-ortho nitro benzene ring substituents is 1. The van der Waals surface area contributed by atoms with E-state index in [1.54, 1.807) is 48.5 Å². The first-order valence-electron chi connectivity index (χ1n) is 8.57. The van der Waals surface area contributed by atoms with Crippen LogP contribution in [0.25, 0.3) is 17.2 Å². The minimum Gasteiger partial charge on any atom is -0.454 e. The van der Waals surface area contributed by atoms with Crippen molar-refractivity contribution >= 4 is 17.5 Å². The molecule has 0 amide bonds. The number of ether oxygens (including phenoxy) is 2. The maximum Gasteiger partial charge on any atom is 0.270 e. The van der Waals surface area contributed by atoms with E-state index in [0.717, 1.165) is 16.7 Å². The number of nitro benzene ring substituents is 1. The largest absolute Gasteiger partial charge is 0.454 e. The zero-order valence-electron chi connectivity index (χ0n) is 14.7. The topological polar surface area (TPSA) is 78.7 Å². The van der Waals surface area contributed by atoms with Crippen molar-refractivity contribution in [2.75, 3.05) is 6.79 Å². The van der Waals surface area contributed by atoms with Gasteiger partial charge in [-0.3, -0.25) is 14.9 Å². The van der Waals surface area contributed by atoms with Gasteiger partial charge in [0, 0.05) is 17.7 Å². The van der Waals surface area contributed by atoms with Crippen LogP contribution in [-0.4, -0.2) is 17.5 Å². The molecule has 1 heterocycles. The molecule has 3 aromatic rings. The van der Waals surface area contributed by atoms with Crippen LogP contribution in [0.5, 0.6) is 11.5 Å². The van der Waals surface area contributed by atoms with Crippen LogP contribution in [0.15, 0.2) is 72.8 Å². The van der Waals surface area contributed by atoms with Gasteiger partial charge < -0.3 is 9.47 Å². The van der Waals surface area contributed by atoms with Crippen molar-refractivity contribution in [1.82, 2.24) is 0 Å². The third-order valence-corrected chi connectivity index (χ3v) is 4.38. The van der Waals surface area contributed by atoms with E-state index in [-0.39, 0.29) is 18.3 Å². The minimum absolute atomic E-state index is 0.0318. The number of nitro groups is 1. The summed E-state index contributed by atoms with van der Waals surface area (Å²) in [6.45, 7) is 0.207. The zero-order valence-corrected chi connectivity index (χ0v) is 14.7. The van der Waals surface area contributed by atoms with Crippen LogP contribution in [0.3, 0.4) is 0 Å². The molecule has 138 valence electrons. The Morgan fingerprint density at radius 1 is 0.929 bits per heavy atom. The Bertz CT molecular complexity index is 1090. The molecule has 0 bridgehead atoms. The van der Waals surface area contributed by atoms with E-state index >= 15 is 0 Å². The molecule has 0 aromatic heterocycles. The van der Waals surface area contributed by atoms with E-state index in [9.17, 15) is 14.9 Å². The quantitative estimate of drug-likeness (QED) is 0.275. The number of benzene rings is 3. The lowest BCUT2D eigenvalue weighted by atomic mass is 10.0. The Labute approximate surface area is 160 Å². The normalized spacial score (nSPS) is 12.3. The van der Waals surface area contributed by atoms with Gasteiger partial charge in [0.1, 0.15) is 0 Å². The van der Waals surface area contributed by atoms with Crippen molar-refractivity contribution in [2.24, 2.45) is 0 Å². The number of ketones is 1. The summed E-state index contributed by atoms with van der Waals surface area (Å²) in [5, 5.41) is 10.9. The molecule has 0 radical (unpaired) electrons. The highest BCUT2D eigenvalue weighted by Crippen LogP contribution is 2.32. The van der Waals surface area contributed by atoms with Crippen LogP contribution >= 0.6 is 0 Å². The molecular weight excluding hydrogens is 358 g/mol.